The van der Waals surface area contributed by atoms with Gasteiger partial charge in [0.2, 0.25) is 5.91 Å². The summed E-state index contributed by atoms with van der Waals surface area (Å²) in [7, 11) is 0. The molecule has 2 atom stereocenters. The van der Waals surface area contributed by atoms with Crippen molar-refractivity contribution in [3.05, 3.63) is 59.9 Å². The van der Waals surface area contributed by atoms with E-state index in [1.807, 2.05) is 30.3 Å². The quantitative estimate of drug-likeness (QED) is 0.752. The summed E-state index contributed by atoms with van der Waals surface area (Å²) in [4.78, 5) is 34.8. The maximum absolute atomic E-state index is 13.8. The molecule has 2 aromatic rings. The summed E-state index contributed by atoms with van der Waals surface area (Å²) >= 11 is 0. The first-order valence-electron chi connectivity index (χ1n) is 11.3. The lowest BCUT2D eigenvalue weighted by Gasteiger charge is -2.41. The van der Waals surface area contributed by atoms with E-state index in [1.165, 1.54) is 0 Å². The van der Waals surface area contributed by atoms with Crippen molar-refractivity contribution in [3.63, 3.8) is 0 Å². The van der Waals surface area contributed by atoms with E-state index in [9.17, 15) is 14.7 Å². The number of β-amino-alcohol motifs (C(OH)–C–C–N with tert-alkyl or cyclic N) is 1. The third kappa shape index (κ3) is 4.54. The molecular formula is C25H32N4O3. The third-order valence-electron chi connectivity index (χ3n) is 6.27. The largest absolute Gasteiger partial charge is 0.389 e. The number of nitrogens with one attached hydrogen (secondary N) is 1. The molecule has 0 bridgehead atoms. The predicted molar refractivity (Wildman–Crippen MR) is 123 cm³/mol. The molecule has 32 heavy (non-hydrogen) atoms. The van der Waals surface area contributed by atoms with Crippen LogP contribution in [-0.4, -0.2) is 58.6 Å². The Kier molecular flexibility index (Phi) is 6.31. The zero-order valence-corrected chi connectivity index (χ0v) is 19.0. The normalized spacial score (nSPS) is 20.0. The second-order valence-corrected chi connectivity index (χ2v) is 9.74. The van der Waals surface area contributed by atoms with E-state index in [0.717, 1.165) is 24.9 Å². The summed E-state index contributed by atoms with van der Waals surface area (Å²) in [6.45, 7) is 7.78. The molecule has 0 radical (unpaired) electrons. The van der Waals surface area contributed by atoms with Gasteiger partial charge in [-0.2, -0.15) is 0 Å². The Hall–Kier alpha value is -2.77. The minimum Gasteiger partial charge on any atom is -0.389 e. The van der Waals surface area contributed by atoms with Gasteiger partial charge in [-0.1, -0.05) is 39.0 Å². The standard InChI is InChI=1S/C25H32N4O3/c1-25(2,3)18-8-10-19(11-9-18)29(23(31)21-7-5-13-27-21)22(17-6-4-12-26-14-17)24(32)28-15-20(30)16-28/h4,6,8-12,14,20-22,27,30H,5,7,13,15-16H2,1-3H3. The van der Waals surface area contributed by atoms with Gasteiger partial charge in [0, 0.05) is 36.7 Å². The Morgan fingerprint density at radius 3 is 2.44 bits per heavy atom. The van der Waals surface area contributed by atoms with Gasteiger partial charge in [-0.3, -0.25) is 19.5 Å². The Morgan fingerprint density at radius 1 is 1.19 bits per heavy atom. The molecule has 7 nitrogen and oxygen atoms in total. The Bertz CT molecular complexity index is 943. The van der Waals surface area contributed by atoms with E-state index in [1.54, 1.807) is 28.3 Å². The number of benzene rings is 1. The number of hydrogen-bond acceptors (Lipinski definition) is 5. The minimum atomic E-state index is -0.841. The first-order chi connectivity index (χ1) is 15.3. The number of nitrogens with zero attached hydrogens (tertiary/aromatic N) is 3. The summed E-state index contributed by atoms with van der Waals surface area (Å²) in [5.74, 6) is -0.316. The molecule has 170 valence electrons. The number of hydrogen-bond donors (Lipinski definition) is 2. The third-order valence-corrected chi connectivity index (χ3v) is 6.27. The number of likely N-dealkylation sites (tertiary alicyclic amines) is 1. The Balaban J connectivity index is 1.77. The van der Waals surface area contributed by atoms with Crippen LogP contribution in [0.1, 0.15) is 50.8 Å². The average molecular weight is 437 g/mol. The van der Waals surface area contributed by atoms with Crippen LogP contribution in [0.15, 0.2) is 48.8 Å². The lowest BCUT2D eigenvalue weighted by Crippen LogP contribution is -2.58. The van der Waals surface area contributed by atoms with Gasteiger partial charge in [-0.05, 0) is 48.6 Å². The van der Waals surface area contributed by atoms with Crippen LogP contribution in [-0.2, 0) is 15.0 Å². The van der Waals surface area contributed by atoms with Crippen molar-refractivity contribution in [2.75, 3.05) is 24.5 Å². The van der Waals surface area contributed by atoms with E-state index < -0.39 is 12.1 Å². The molecule has 2 amide bonds. The second kappa shape index (κ2) is 9.00. The topological polar surface area (TPSA) is 85.8 Å². The molecule has 2 aliphatic rings. The zero-order valence-electron chi connectivity index (χ0n) is 19.0. The first-order valence-corrected chi connectivity index (χ1v) is 11.3. The zero-order chi connectivity index (χ0) is 22.9. The van der Waals surface area contributed by atoms with E-state index in [-0.39, 0.29) is 36.4 Å². The van der Waals surface area contributed by atoms with Crippen LogP contribution >= 0.6 is 0 Å². The van der Waals surface area contributed by atoms with Crippen LogP contribution in [0.5, 0.6) is 0 Å². The van der Waals surface area contributed by atoms with Gasteiger partial charge in [-0.15, -0.1) is 0 Å². The highest BCUT2D eigenvalue weighted by Crippen LogP contribution is 2.33. The van der Waals surface area contributed by atoms with E-state index in [2.05, 4.69) is 31.1 Å². The summed E-state index contributed by atoms with van der Waals surface area (Å²) in [5, 5.41) is 13.0. The molecule has 2 saturated heterocycles. The molecule has 1 aromatic carbocycles. The smallest absolute Gasteiger partial charge is 0.250 e. The van der Waals surface area contributed by atoms with E-state index >= 15 is 0 Å². The van der Waals surface area contributed by atoms with Crippen LogP contribution < -0.4 is 10.2 Å². The number of anilines is 1. The fourth-order valence-corrected chi connectivity index (χ4v) is 4.34. The number of aliphatic hydroxyl groups is 1. The van der Waals surface area contributed by atoms with E-state index in [4.69, 9.17) is 0 Å². The Labute approximate surface area is 189 Å². The molecule has 0 aliphatic carbocycles. The SMILES string of the molecule is CC(C)(C)c1ccc(N(C(=O)C2CCCN2)C(C(=O)N2CC(O)C2)c2cccnc2)cc1. The summed E-state index contributed by atoms with van der Waals surface area (Å²) in [5.41, 5.74) is 2.47. The van der Waals surface area contributed by atoms with Gasteiger partial charge in [0.15, 0.2) is 0 Å². The van der Waals surface area contributed by atoms with Gasteiger partial charge in [-0.25, -0.2) is 0 Å². The van der Waals surface area contributed by atoms with Gasteiger partial charge < -0.3 is 15.3 Å². The first kappa shape index (κ1) is 22.4. The second-order valence-electron chi connectivity index (χ2n) is 9.74. The molecule has 2 fully saturated rings. The molecule has 2 unspecified atom stereocenters. The van der Waals surface area contributed by atoms with Gasteiger partial charge >= 0.3 is 0 Å². The van der Waals surface area contributed by atoms with Gasteiger partial charge in [0.05, 0.1) is 12.1 Å². The van der Waals surface area contributed by atoms with Crippen molar-refractivity contribution >= 4 is 17.5 Å². The number of rotatable bonds is 5. The number of amides is 2. The molecule has 7 heteroatoms. The van der Waals surface area contributed by atoms with Crippen molar-refractivity contribution in [3.8, 4) is 0 Å². The fraction of sp³-hybridized carbons (Fsp3) is 0.480. The van der Waals surface area contributed by atoms with Gasteiger partial charge in [0.25, 0.3) is 5.91 Å². The predicted octanol–water partition coefficient (Wildman–Crippen LogP) is 2.41. The fourth-order valence-electron chi connectivity index (χ4n) is 4.34. The number of pyridine rings is 1. The van der Waals surface area contributed by atoms with Crippen LogP contribution in [0, 0.1) is 0 Å². The lowest BCUT2D eigenvalue weighted by atomic mass is 9.87. The lowest BCUT2D eigenvalue weighted by molar-refractivity contribution is -0.144. The maximum Gasteiger partial charge on any atom is 0.250 e. The van der Waals surface area contributed by atoms with Crippen molar-refractivity contribution in [1.29, 1.82) is 0 Å². The molecular weight excluding hydrogens is 404 g/mol. The maximum atomic E-state index is 13.8. The summed E-state index contributed by atoms with van der Waals surface area (Å²) < 4.78 is 0. The minimum absolute atomic E-state index is 0.0211. The number of aromatic nitrogens is 1. The highest BCUT2D eigenvalue weighted by molar-refractivity contribution is 6.04. The van der Waals surface area contributed by atoms with Crippen molar-refractivity contribution in [1.82, 2.24) is 15.2 Å². The highest BCUT2D eigenvalue weighted by Gasteiger charge is 2.41. The monoisotopic (exact) mass is 436 g/mol. The van der Waals surface area contributed by atoms with Crippen LogP contribution in [0.3, 0.4) is 0 Å². The van der Waals surface area contributed by atoms with Gasteiger partial charge in [0.1, 0.15) is 6.04 Å². The van der Waals surface area contributed by atoms with Crippen molar-refractivity contribution in [2.24, 2.45) is 0 Å². The number of carbonyl (C=O) groups excluding carboxylic acids is 2. The molecule has 1 aromatic heterocycles. The van der Waals surface area contributed by atoms with E-state index in [0.29, 0.717) is 11.3 Å². The summed E-state index contributed by atoms with van der Waals surface area (Å²) in [6, 6.07) is 10.3. The van der Waals surface area contributed by atoms with Crippen LogP contribution in [0.4, 0.5) is 5.69 Å². The Morgan fingerprint density at radius 2 is 1.91 bits per heavy atom. The number of aliphatic hydroxyl groups excluding tert-OH is 1. The molecule has 4 rings (SSSR count). The summed E-state index contributed by atoms with van der Waals surface area (Å²) in [6.07, 6.45) is 4.45. The molecule has 3 heterocycles. The highest BCUT2D eigenvalue weighted by atomic mass is 16.3. The molecule has 0 saturated carbocycles. The average Bonchev–Trinajstić information content (AvgIpc) is 3.29. The molecule has 2 N–H and O–H groups in total. The van der Waals surface area contributed by atoms with Crippen LogP contribution in [0.25, 0.3) is 0 Å². The molecule has 2 aliphatic heterocycles. The van der Waals surface area contributed by atoms with Crippen LogP contribution in [0.2, 0.25) is 0 Å². The number of carbonyl (C=O) groups is 2. The van der Waals surface area contributed by atoms with Crippen molar-refractivity contribution in [2.45, 2.75) is 57.2 Å². The van der Waals surface area contributed by atoms with Crippen molar-refractivity contribution < 1.29 is 14.7 Å². The molecule has 0 spiro atoms.